The number of hydrogen-bond acceptors (Lipinski definition) is 8. The van der Waals surface area contributed by atoms with Crippen molar-refractivity contribution in [1.82, 2.24) is 0 Å². The van der Waals surface area contributed by atoms with E-state index >= 15 is 0 Å². The average molecular weight is 477 g/mol. The number of rotatable bonds is 3. The van der Waals surface area contributed by atoms with Crippen LogP contribution in [0.2, 0.25) is 0 Å². The number of anilines is 1. The molecule has 3 aromatic rings. The standard InChI is InChI=1S/C10H8O7S2.C6H7NO3S/c11-9-3-4-10(19(15,16)17)8-5-6(18(12,13)14)1-2-7(8)9;7-5-2-1-3-6(4-5)11(8,9)10/h1-5,11H,(H,12,13,14)(H,15,16,17);1-4H,7H2,(H,8,9,10). The summed E-state index contributed by atoms with van der Waals surface area (Å²) in [6.07, 6.45) is 0. The zero-order chi connectivity index (χ0) is 22.9. The molecule has 0 atom stereocenters. The van der Waals surface area contributed by atoms with Crippen molar-refractivity contribution in [3.63, 3.8) is 0 Å². The zero-order valence-corrected chi connectivity index (χ0v) is 17.2. The Morgan fingerprint density at radius 2 is 1.20 bits per heavy atom. The predicted molar refractivity (Wildman–Crippen MR) is 106 cm³/mol. The fourth-order valence-corrected chi connectivity index (χ4v) is 4.07. The van der Waals surface area contributed by atoms with Gasteiger partial charge in [-0.15, -0.1) is 0 Å². The van der Waals surface area contributed by atoms with Crippen molar-refractivity contribution >= 4 is 46.8 Å². The van der Waals surface area contributed by atoms with E-state index in [0.717, 1.165) is 30.3 Å². The van der Waals surface area contributed by atoms with E-state index in [9.17, 15) is 30.4 Å². The van der Waals surface area contributed by atoms with Gasteiger partial charge in [-0.05, 0) is 48.5 Å². The fraction of sp³-hybridized carbons (Fsp3) is 0. The van der Waals surface area contributed by atoms with Crippen LogP contribution in [0.1, 0.15) is 0 Å². The first-order valence-corrected chi connectivity index (χ1v) is 12.0. The predicted octanol–water partition coefficient (Wildman–Crippen LogP) is 1.55. The van der Waals surface area contributed by atoms with E-state index in [1.165, 1.54) is 24.3 Å². The molecule has 3 rings (SSSR count). The molecule has 0 aliphatic rings. The SMILES string of the molecule is Nc1cccc(S(=O)(=O)O)c1.O=S(=O)(O)c1ccc2c(O)ccc(S(=O)(=O)O)c2c1. The van der Waals surface area contributed by atoms with Crippen molar-refractivity contribution in [2.45, 2.75) is 14.7 Å². The van der Waals surface area contributed by atoms with Gasteiger partial charge in [0, 0.05) is 16.5 Å². The summed E-state index contributed by atoms with van der Waals surface area (Å²) in [5, 5.41) is 9.39. The number of benzene rings is 3. The highest BCUT2D eigenvalue weighted by atomic mass is 32.2. The summed E-state index contributed by atoms with van der Waals surface area (Å²) in [4.78, 5) is -1.29. The smallest absolute Gasteiger partial charge is 0.295 e. The third-order valence-electron chi connectivity index (χ3n) is 3.66. The Hall–Kier alpha value is -2.75. The molecular formula is C16H15NO10S3. The van der Waals surface area contributed by atoms with E-state index in [2.05, 4.69) is 0 Å². The lowest BCUT2D eigenvalue weighted by Gasteiger charge is -2.07. The summed E-state index contributed by atoms with van der Waals surface area (Å²) in [7, 11) is -13.2. The molecule has 14 heteroatoms. The van der Waals surface area contributed by atoms with Crippen molar-refractivity contribution < 1.29 is 44.0 Å². The highest BCUT2D eigenvalue weighted by molar-refractivity contribution is 7.86. The third kappa shape index (κ3) is 5.65. The quantitative estimate of drug-likeness (QED) is 0.270. The number of nitrogen functional groups attached to an aromatic ring is 1. The molecule has 0 unspecified atom stereocenters. The van der Waals surface area contributed by atoms with Crippen LogP contribution in [0.3, 0.4) is 0 Å². The van der Waals surface area contributed by atoms with Crippen molar-refractivity contribution in [2.24, 2.45) is 0 Å². The third-order valence-corrected chi connectivity index (χ3v) is 6.27. The molecule has 0 saturated carbocycles. The number of nitrogens with two attached hydrogens (primary N) is 1. The van der Waals surface area contributed by atoms with Crippen molar-refractivity contribution in [3.05, 3.63) is 54.6 Å². The molecule has 30 heavy (non-hydrogen) atoms. The van der Waals surface area contributed by atoms with Crippen LogP contribution in [0.4, 0.5) is 5.69 Å². The Balaban J connectivity index is 0.000000248. The summed E-state index contributed by atoms with van der Waals surface area (Å²) in [5.41, 5.74) is 5.59. The molecule has 0 amide bonds. The first-order valence-electron chi connectivity index (χ1n) is 7.64. The van der Waals surface area contributed by atoms with Crippen LogP contribution in [0.15, 0.2) is 69.3 Å². The van der Waals surface area contributed by atoms with E-state index in [0.29, 0.717) is 5.69 Å². The second-order valence-electron chi connectivity index (χ2n) is 5.79. The number of aromatic hydroxyl groups is 1. The van der Waals surface area contributed by atoms with Gasteiger partial charge in [0.1, 0.15) is 10.6 Å². The summed E-state index contributed by atoms with van der Waals surface area (Å²) in [5.74, 6) is -0.288. The molecule has 3 aromatic carbocycles. The number of phenols is 1. The van der Waals surface area contributed by atoms with Gasteiger partial charge >= 0.3 is 0 Å². The lowest BCUT2D eigenvalue weighted by Crippen LogP contribution is -2.01. The maximum Gasteiger partial charge on any atom is 0.295 e. The highest BCUT2D eigenvalue weighted by Crippen LogP contribution is 2.31. The second kappa shape index (κ2) is 8.17. The van der Waals surface area contributed by atoms with Gasteiger partial charge in [-0.25, -0.2) is 0 Å². The van der Waals surface area contributed by atoms with Crippen molar-refractivity contribution in [2.75, 3.05) is 5.73 Å². The Labute approximate surface area is 171 Å². The van der Waals surface area contributed by atoms with Crippen LogP contribution >= 0.6 is 0 Å². The van der Waals surface area contributed by atoms with E-state index in [-0.39, 0.29) is 21.4 Å². The topological polar surface area (TPSA) is 209 Å². The zero-order valence-electron chi connectivity index (χ0n) is 14.7. The summed E-state index contributed by atoms with van der Waals surface area (Å²) in [6.45, 7) is 0. The molecule has 6 N–H and O–H groups in total. The monoisotopic (exact) mass is 477 g/mol. The van der Waals surface area contributed by atoms with Gasteiger partial charge in [-0.2, -0.15) is 25.3 Å². The minimum Gasteiger partial charge on any atom is -0.507 e. The van der Waals surface area contributed by atoms with Gasteiger partial charge in [-0.1, -0.05) is 6.07 Å². The maximum absolute atomic E-state index is 11.2. The molecule has 0 fully saturated rings. The molecule has 11 nitrogen and oxygen atoms in total. The minimum absolute atomic E-state index is 0.0301. The van der Waals surface area contributed by atoms with Crippen LogP contribution in [-0.2, 0) is 30.4 Å². The molecule has 0 aliphatic carbocycles. The maximum atomic E-state index is 11.2. The Morgan fingerprint density at radius 1 is 0.633 bits per heavy atom. The summed E-state index contributed by atoms with van der Waals surface area (Å²) >= 11 is 0. The van der Waals surface area contributed by atoms with Crippen LogP contribution in [0.25, 0.3) is 10.8 Å². The molecule has 0 heterocycles. The van der Waals surface area contributed by atoms with Crippen LogP contribution in [-0.4, -0.2) is 44.0 Å². The molecule has 162 valence electrons. The number of fused-ring (bicyclic) bond motifs is 1. The van der Waals surface area contributed by atoms with Gasteiger partial charge in [-0.3, -0.25) is 13.7 Å². The van der Waals surface area contributed by atoms with E-state index in [4.69, 9.17) is 19.4 Å². The first kappa shape index (κ1) is 23.5. The number of hydrogen-bond donors (Lipinski definition) is 5. The molecule has 0 radical (unpaired) electrons. The van der Waals surface area contributed by atoms with E-state index < -0.39 is 40.1 Å². The first-order chi connectivity index (χ1) is 13.6. The van der Waals surface area contributed by atoms with Gasteiger partial charge < -0.3 is 10.8 Å². The fourth-order valence-electron chi connectivity index (χ4n) is 2.35. The van der Waals surface area contributed by atoms with Gasteiger partial charge in [0.25, 0.3) is 30.4 Å². The van der Waals surface area contributed by atoms with E-state index in [1.807, 2.05) is 0 Å². The van der Waals surface area contributed by atoms with E-state index in [1.54, 1.807) is 0 Å². The van der Waals surface area contributed by atoms with Crippen LogP contribution < -0.4 is 5.73 Å². The normalized spacial score (nSPS) is 12.2. The second-order valence-corrected chi connectivity index (χ2v) is 10.0. The molecule has 0 aliphatic heterocycles. The Bertz CT molecular complexity index is 1430. The molecule has 0 saturated heterocycles. The Morgan fingerprint density at radius 3 is 1.67 bits per heavy atom. The molecule has 0 aromatic heterocycles. The van der Waals surface area contributed by atoms with Crippen LogP contribution in [0.5, 0.6) is 5.75 Å². The highest BCUT2D eigenvalue weighted by Gasteiger charge is 2.18. The van der Waals surface area contributed by atoms with Gasteiger partial charge in [0.15, 0.2) is 0 Å². The Kier molecular flexibility index (Phi) is 6.41. The summed E-state index contributed by atoms with van der Waals surface area (Å²) < 4.78 is 91.8. The van der Waals surface area contributed by atoms with Crippen molar-refractivity contribution in [1.29, 1.82) is 0 Å². The summed E-state index contributed by atoms with van der Waals surface area (Å²) in [6, 6.07) is 10.4. The molecular weight excluding hydrogens is 462 g/mol. The van der Waals surface area contributed by atoms with Crippen molar-refractivity contribution in [3.8, 4) is 5.75 Å². The largest absolute Gasteiger partial charge is 0.507 e. The average Bonchev–Trinajstić information content (AvgIpc) is 2.60. The lowest BCUT2D eigenvalue weighted by molar-refractivity contribution is 0.476. The van der Waals surface area contributed by atoms with Gasteiger partial charge in [0.05, 0.1) is 9.79 Å². The molecule has 0 bridgehead atoms. The van der Waals surface area contributed by atoms with Crippen LogP contribution in [0, 0.1) is 0 Å². The van der Waals surface area contributed by atoms with Gasteiger partial charge in [0.2, 0.25) is 0 Å². The minimum atomic E-state index is -4.60. The molecule has 0 spiro atoms. The number of phenolic OH excluding ortho intramolecular Hbond substituents is 1. The lowest BCUT2D eigenvalue weighted by atomic mass is 10.1.